The molecule has 2 aromatic carbocycles. The summed E-state index contributed by atoms with van der Waals surface area (Å²) in [5.41, 5.74) is 0.387. The van der Waals surface area contributed by atoms with E-state index in [-0.39, 0.29) is 4.90 Å². The van der Waals surface area contributed by atoms with Crippen molar-refractivity contribution in [2.45, 2.75) is 24.0 Å². The van der Waals surface area contributed by atoms with Crippen LogP contribution in [0.4, 0.5) is 5.69 Å². The molecule has 0 aromatic heterocycles. The number of anilines is 1. The van der Waals surface area contributed by atoms with Gasteiger partial charge in [0.1, 0.15) is 6.10 Å². The Hall–Kier alpha value is -2.54. The van der Waals surface area contributed by atoms with Gasteiger partial charge in [0.2, 0.25) is 6.10 Å². The van der Waals surface area contributed by atoms with Gasteiger partial charge in [-0.15, -0.1) is 0 Å². The SMILES string of the molecule is C[C@@H]1Oc2ccccc2O[C@H]1C(=O)Nc1cccc(S(C)(=O)=O)c1. The summed E-state index contributed by atoms with van der Waals surface area (Å²) >= 11 is 0. The largest absolute Gasteiger partial charge is 0.482 e. The molecule has 0 saturated carbocycles. The smallest absolute Gasteiger partial charge is 0.269 e. The van der Waals surface area contributed by atoms with E-state index in [9.17, 15) is 13.2 Å². The number of nitrogens with one attached hydrogen (secondary N) is 1. The van der Waals surface area contributed by atoms with E-state index in [2.05, 4.69) is 5.32 Å². The molecule has 126 valence electrons. The standard InChI is InChI=1S/C17H17NO5S/c1-11-16(23-15-9-4-3-8-14(15)22-11)17(19)18-12-6-5-7-13(10-12)24(2,20)21/h3-11,16H,1-2H3,(H,18,19)/t11-,16+/m0/s1. The summed E-state index contributed by atoms with van der Waals surface area (Å²) in [6.07, 6.45) is -0.190. The van der Waals surface area contributed by atoms with E-state index in [4.69, 9.17) is 9.47 Å². The van der Waals surface area contributed by atoms with E-state index in [1.165, 1.54) is 12.1 Å². The number of fused-ring (bicyclic) bond motifs is 1. The van der Waals surface area contributed by atoms with Crippen molar-refractivity contribution in [1.29, 1.82) is 0 Å². The molecule has 1 N–H and O–H groups in total. The Labute approximate surface area is 140 Å². The fourth-order valence-electron chi connectivity index (χ4n) is 2.42. The molecule has 0 unspecified atom stereocenters. The van der Waals surface area contributed by atoms with Gasteiger partial charge < -0.3 is 14.8 Å². The highest BCUT2D eigenvalue weighted by molar-refractivity contribution is 7.90. The van der Waals surface area contributed by atoms with Crippen LogP contribution in [0.25, 0.3) is 0 Å². The molecule has 0 bridgehead atoms. The van der Waals surface area contributed by atoms with E-state index in [1.807, 2.05) is 6.07 Å². The van der Waals surface area contributed by atoms with Crippen LogP contribution in [0, 0.1) is 0 Å². The summed E-state index contributed by atoms with van der Waals surface area (Å²) in [5, 5.41) is 2.68. The molecule has 0 aliphatic carbocycles. The lowest BCUT2D eigenvalue weighted by Crippen LogP contribution is -2.46. The molecule has 1 heterocycles. The predicted octanol–water partition coefficient (Wildman–Crippen LogP) is 2.26. The van der Waals surface area contributed by atoms with Gasteiger partial charge in [0.05, 0.1) is 4.90 Å². The molecular formula is C17H17NO5S. The first-order valence-electron chi connectivity index (χ1n) is 7.38. The summed E-state index contributed by atoms with van der Waals surface area (Å²) in [5.74, 6) is 0.691. The summed E-state index contributed by atoms with van der Waals surface area (Å²) < 4.78 is 34.6. The van der Waals surface area contributed by atoms with Gasteiger partial charge in [-0.25, -0.2) is 8.42 Å². The lowest BCUT2D eigenvalue weighted by molar-refractivity contribution is -0.128. The highest BCUT2D eigenvalue weighted by Crippen LogP contribution is 2.33. The van der Waals surface area contributed by atoms with Crippen LogP contribution in [0.3, 0.4) is 0 Å². The maximum Gasteiger partial charge on any atom is 0.269 e. The van der Waals surface area contributed by atoms with Gasteiger partial charge in [-0.2, -0.15) is 0 Å². The van der Waals surface area contributed by atoms with Crippen LogP contribution in [0.5, 0.6) is 11.5 Å². The minimum Gasteiger partial charge on any atom is -0.482 e. The number of ether oxygens (including phenoxy) is 2. The quantitative estimate of drug-likeness (QED) is 0.921. The topological polar surface area (TPSA) is 81.7 Å². The monoisotopic (exact) mass is 347 g/mol. The molecule has 2 atom stereocenters. The average Bonchev–Trinajstić information content (AvgIpc) is 2.53. The third kappa shape index (κ3) is 3.35. The van der Waals surface area contributed by atoms with Crippen molar-refractivity contribution in [2.75, 3.05) is 11.6 Å². The van der Waals surface area contributed by atoms with Crippen LogP contribution < -0.4 is 14.8 Å². The molecule has 1 amide bonds. The first-order valence-corrected chi connectivity index (χ1v) is 9.27. The Balaban J connectivity index is 1.78. The van der Waals surface area contributed by atoms with Gasteiger partial charge in [0, 0.05) is 11.9 Å². The Morgan fingerprint density at radius 1 is 1.04 bits per heavy atom. The van der Waals surface area contributed by atoms with Crippen molar-refractivity contribution < 1.29 is 22.7 Å². The minimum absolute atomic E-state index is 0.138. The fourth-order valence-corrected chi connectivity index (χ4v) is 3.09. The number of rotatable bonds is 3. The predicted molar refractivity (Wildman–Crippen MR) is 89.1 cm³/mol. The number of carbonyl (C=O) groups is 1. The van der Waals surface area contributed by atoms with Gasteiger partial charge in [-0.1, -0.05) is 18.2 Å². The molecule has 1 aliphatic heterocycles. The molecule has 0 radical (unpaired) electrons. The Morgan fingerprint density at radius 3 is 2.38 bits per heavy atom. The molecule has 6 nitrogen and oxygen atoms in total. The number of para-hydroxylation sites is 2. The molecule has 2 aromatic rings. The zero-order chi connectivity index (χ0) is 17.3. The van der Waals surface area contributed by atoms with Crippen molar-refractivity contribution >= 4 is 21.4 Å². The van der Waals surface area contributed by atoms with Gasteiger partial charge in [0.25, 0.3) is 5.91 Å². The zero-order valence-electron chi connectivity index (χ0n) is 13.2. The van der Waals surface area contributed by atoms with Crippen LogP contribution >= 0.6 is 0 Å². The van der Waals surface area contributed by atoms with Gasteiger partial charge >= 0.3 is 0 Å². The number of amides is 1. The third-order valence-corrected chi connectivity index (χ3v) is 4.74. The van der Waals surface area contributed by atoms with E-state index < -0.39 is 28.0 Å². The molecule has 24 heavy (non-hydrogen) atoms. The molecule has 0 fully saturated rings. The highest BCUT2D eigenvalue weighted by atomic mass is 32.2. The molecule has 0 saturated heterocycles. The van der Waals surface area contributed by atoms with E-state index >= 15 is 0 Å². The molecule has 3 rings (SSSR count). The molecule has 1 aliphatic rings. The van der Waals surface area contributed by atoms with Crippen LogP contribution in [-0.4, -0.2) is 32.8 Å². The number of hydrogen-bond donors (Lipinski definition) is 1. The van der Waals surface area contributed by atoms with Crippen LogP contribution in [0.2, 0.25) is 0 Å². The second kappa shape index (κ2) is 6.16. The van der Waals surface area contributed by atoms with E-state index in [0.29, 0.717) is 17.2 Å². The number of benzene rings is 2. The lowest BCUT2D eigenvalue weighted by atomic mass is 10.1. The number of hydrogen-bond acceptors (Lipinski definition) is 5. The molecule has 7 heteroatoms. The summed E-state index contributed by atoms with van der Waals surface area (Å²) in [4.78, 5) is 12.6. The van der Waals surface area contributed by atoms with E-state index in [0.717, 1.165) is 6.26 Å². The maximum absolute atomic E-state index is 12.5. The van der Waals surface area contributed by atoms with Crippen molar-refractivity contribution in [1.82, 2.24) is 0 Å². The van der Waals surface area contributed by atoms with E-state index in [1.54, 1.807) is 37.3 Å². The van der Waals surface area contributed by atoms with Crippen LogP contribution in [-0.2, 0) is 14.6 Å². The number of sulfone groups is 1. The van der Waals surface area contributed by atoms with Crippen molar-refractivity contribution in [3.63, 3.8) is 0 Å². The highest BCUT2D eigenvalue weighted by Gasteiger charge is 2.34. The van der Waals surface area contributed by atoms with Crippen molar-refractivity contribution in [3.05, 3.63) is 48.5 Å². The second-order valence-electron chi connectivity index (χ2n) is 5.60. The van der Waals surface area contributed by atoms with Gasteiger partial charge in [-0.3, -0.25) is 4.79 Å². The normalized spacial score (nSPS) is 19.6. The Bertz CT molecular complexity index is 878. The number of carbonyl (C=O) groups excluding carboxylic acids is 1. The maximum atomic E-state index is 12.5. The Morgan fingerprint density at radius 2 is 1.71 bits per heavy atom. The Kier molecular flexibility index (Phi) is 4.19. The minimum atomic E-state index is -3.34. The van der Waals surface area contributed by atoms with Gasteiger partial charge in [-0.05, 0) is 37.3 Å². The van der Waals surface area contributed by atoms with Crippen LogP contribution in [0.15, 0.2) is 53.4 Å². The third-order valence-electron chi connectivity index (χ3n) is 3.63. The summed E-state index contributed by atoms with van der Waals surface area (Å²) in [6.45, 7) is 1.74. The second-order valence-corrected chi connectivity index (χ2v) is 7.61. The zero-order valence-corrected chi connectivity index (χ0v) is 14.0. The first kappa shape index (κ1) is 16.3. The molecular weight excluding hydrogens is 330 g/mol. The lowest BCUT2D eigenvalue weighted by Gasteiger charge is -2.31. The first-order chi connectivity index (χ1) is 11.3. The summed E-state index contributed by atoms with van der Waals surface area (Å²) in [7, 11) is -3.34. The fraction of sp³-hybridized carbons (Fsp3) is 0.235. The molecule has 0 spiro atoms. The van der Waals surface area contributed by atoms with Crippen molar-refractivity contribution in [3.8, 4) is 11.5 Å². The van der Waals surface area contributed by atoms with Crippen molar-refractivity contribution in [2.24, 2.45) is 0 Å². The summed E-state index contributed by atoms with van der Waals surface area (Å²) in [6, 6.07) is 13.2. The van der Waals surface area contributed by atoms with Crippen LogP contribution in [0.1, 0.15) is 6.92 Å². The van der Waals surface area contributed by atoms with Gasteiger partial charge in [0.15, 0.2) is 21.3 Å². The average molecular weight is 347 g/mol.